The fourth-order valence-electron chi connectivity index (χ4n) is 2.28. The average molecular weight is 424 g/mol. The van der Waals surface area contributed by atoms with Crippen LogP contribution in [0.3, 0.4) is 0 Å². The molecule has 22 heavy (non-hydrogen) atoms. The molecule has 0 fully saturated rings. The lowest BCUT2D eigenvalue weighted by molar-refractivity contribution is -0.110. The Morgan fingerprint density at radius 3 is 2.59 bits per heavy atom. The quantitative estimate of drug-likeness (QED) is 0.705. The van der Waals surface area contributed by atoms with Gasteiger partial charge in [-0.15, -0.1) is 0 Å². The molecule has 3 rings (SSSR count). The number of phenols is 1. The van der Waals surface area contributed by atoms with Gasteiger partial charge in [0.15, 0.2) is 0 Å². The molecule has 1 aliphatic heterocycles. The van der Waals surface area contributed by atoms with Gasteiger partial charge < -0.3 is 10.4 Å². The monoisotopic (exact) mass is 422 g/mol. The lowest BCUT2D eigenvalue weighted by atomic mass is 10.0. The first-order valence-electron chi connectivity index (χ1n) is 6.70. The van der Waals surface area contributed by atoms with Crippen molar-refractivity contribution in [1.29, 1.82) is 0 Å². The van der Waals surface area contributed by atoms with E-state index < -0.39 is 0 Å². The first kappa shape index (κ1) is 15.2. The van der Waals surface area contributed by atoms with Crippen LogP contribution >= 0.6 is 31.9 Å². The summed E-state index contributed by atoms with van der Waals surface area (Å²) in [7, 11) is 0. The third kappa shape index (κ3) is 2.68. The number of fused-ring (bicyclic) bond motifs is 1. The van der Waals surface area contributed by atoms with Gasteiger partial charge in [0.2, 0.25) is 0 Å². The van der Waals surface area contributed by atoms with Crippen LogP contribution in [0.2, 0.25) is 0 Å². The number of aromatic nitrogens is 1. The van der Waals surface area contributed by atoms with Crippen LogP contribution in [-0.2, 0) is 11.2 Å². The number of nitrogens with zero attached hydrogens (tertiary/aromatic N) is 1. The summed E-state index contributed by atoms with van der Waals surface area (Å²) >= 11 is 6.59. The molecule has 0 saturated carbocycles. The maximum Gasteiger partial charge on any atom is 0.257 e. The number of phenolic OH excluding ortho intramolecular Hbond substituents is 1. The van der Waals surface area contributed by atoms with Gasteiger partial charge in [0.05, 0.1) is 14.5 Å². The summed E-state index contributed by atoms with van der Waals surface area (Å²) < 4.78 is 1.13. The number of carbonyl (C=O) groups is 1. The molecule has 112 valence electrons. The zero-order valence-electron chi connectivity index (χ0n) is 11.7. The van der Waals surface area contributed by atoms with E-state index >= 15 is 0 Å². The van der Waals surface area contributed by atoms with E-state index in [0.717, 1.165) is 23.1 Å². The lowest BCUT2D eigenvalue weighted by Gasteiger charge is -2.04. The van der Waals surface area contributed by atoms with Crippen LogP contribution < -0.4 is 5.32 Å². The van der Waals surface area contributed by atoms with Gasteiger partial charge in [-0.1, -0.05) is 6.92 Å². The summed E-state index contributed by atoms with van der Waals surface area (Å²) in [4.78, 5) is 16.5. The Labute approximate surface area is 144 Å². The lowest BCUT2D eigenvalue weighted by Crippen LogP contribution is -2.04. The van der Waals surface area contributed by atoms with Crippen molar-refractivity contribution in [3.05, 3.63) is 50.0 Å². The molecule has 6 heteroatoms. The standard InChI is InChI=1S/C16H12Br2N2O2/c1-2-8-3-10-11(16(22)20-15(10)19-7-8)4-9-5-12(17)14(21)13(18)6-9/h3-7,21H,2H2,1H3,(H,19,20,22)/b11-4-. The van der Waals surface area contributed by atoms with Crippen molar-refractivity contribution in [2.24, 2.45) is 0 Å². The first-order chi connectivity index (χ1) is 10.5. The molecule has 0 spiro atoms. The van der Waals surface area contributed by atoms with E-state index in [1.54, 1.807) is 24.4 Å². The van der Waals surface area contributed by atoms with Crippen LogP contribution in [0, 0.1) is 0 Å². The van der Waals surface area contributed by atoms with Crippen molar-refractivity contribution in [2.45, 2.75) is 13.3 Å². The summed E-state index contributed by atoms with van der Waals surface area (Å²) in [6.45, 7) is 2.05. The molecule has 1 aromatic heterocycles. The summed E-state index contributed by atoms with van der Waals surface area (Å²) in [6, 6.07) is 5.50. The number of hydrogen-bond donors (Lipinski definition) is 2. The third-order valence-corrected chi connectivity index (χ3v) is 4.68. The number of nitrogens with one attached hydrogen (secondary N) is 1. The second-order valence-electron chi connectivity index (χ2n) is 4.94. The second kappa shape index (κ2) is 5.85. The third-order valence-electron chi connectivity index (χ3n) is 3.47. The van der Waals surface area contributed by atoms with E-state index in [1.807, 2.05) is 13.0 Å². The molecule has 1 aliphatic rings. The number of hydrogen-bond acceptors (Lipinski definition) is 3. The Morgan fingerprint density at radius 1 is 1.27 bits per heavy atom. The highest BCUT2D eigenvalue weighted by Gasteiger charge is 2.25. The Balaban J connectivity index is 2.11. The Kier molecular flexibility index (Phi) is 4.06. The number of aryl methyl sites for hydroxylation is 1. The first-order valence-corrected chi connectivity index (χ1v) is 8.28. The summed E-state index contributed by atoms with van der Waals surface area (Å²) in [6.07, 6.45) is 4.42. The van der Waals surface area contributed by atoms with Gasteiger partial charge in [-0.2, -0.15) is 0 Å². The van der Waals surface area contributed by atoms with Gasteiger partial charge in [0.1, 0.15) is 11.6 Å². The highest BCUT2D eigenvalue weighted by molar-refractivity contribution is 9.11. The van der Waals surface area contributed by atoms with Crippen LogP contribution in [0.25, 0.3) is 11.6 Å². The van der Waals surface area contributed by atoms with Gasteiger partial charge >= 0.3 is 0 Å². The molecular weight excluding hydrogens is 412 g/mol. The molecule has 0 aliphatic carbocycles. The van der Waals surface area contributed by atoms with Gasteiger partial charge in [0, 0.05) is 11.8 Å². The Morgan fingerprint density at radius 2 is 1.95 bits per heavy atom. The van der Waals surface area contributed by atoms with Crippen LogP contribution in [-0.4, -0.2) is 16.0 Å². The minimum Gasteiger partial charge on any atom is -0.506 e. The summed E-state index contributed by atoms with van der Waals surface area (Å²) in [5, 5.41) is 12.5. The van der Waals surface area contributed by atoms with Crippen molar-refractivity contribution >= 4 is 55.2 Å². The van der Waals surface area contributed by atoms with Crippen molar-refractivity contribution < 1.29 is 9.90 Å². The normalized spacial score (nSPS) is 15.0. The predicted molar refractivity (Wildman–Crippen MR) is 93.6 cm³/mol. The zero-order valence-corrected chi connectivity index (χ0v) is 14.8. The summed E-state index contributed by atoms with van der Waals surface area (Å²) in [5.74, 6) is 0.551. The smallest absolute Gasteiger partial charge is 0.257 e. The molecular formula is C16H12Br2N2O2. The van der Waals surface area contributed by atoms with Crippen LogP contribution in [0.5, 0.6) is 5.75 Å². The highest BCUT2D eigenvalue weighted by Crippen LogP contribution is 2.36. The number of benzene rings is 1. The molecule has 2 aromatic rings. The van der Waals surface area contributed by atoms with E-state index in [1.165, 1.54) is 0 Å². The van der Waals surface area contributed by atoms with Gasteiger partial charge in [-0.3, -0.25) is 4.79 Å². The minimum absolute atomic E-state index is 0.133. The summed E-state index contributed by atoms with van der Waals surface area (Å²) in [5.41, 5.74) is 3.26. The van der Waals surface area contributed by atoms with Gasteiger partial charge in [-0.25, -0.2) is 4.98 Å². The number of halogens is 2. The molecule has 1 amide bonds. The predicted octanol–water partition coefficient (Wildman–Crippen LogP) is 4.37. The number of aromatic hydroxyl groups is 1. The number of carbonyl (C=O) groups excluding carboxylic acids is 1. The van der Waals surface area contributed by atoms with Gasteiger partial charge in [0.25, 0.3) is 5.91 Å². The van der Waals surface area contributed by atoms with Crippen molar-refractivity contribution in [1.82, 2.24) is 4.98 Å². The van der Waals surface area contributed by atoms with E-state index in [4.69, 9.17) is 0 Å². The van der Waals surface area contributed by atoms with E-state index in [9.17, 15) is 9.90 Å². The SMILES string of the molecule is CCc1cnc2c(c1)/C(=C/c1cc(Br)c(O)c(Br)c1)C(=O)N2. The molecule has 1 aromatic carbocycles. The molecule has 0 saturated heterocycles. The topological polar surface area (TPSA) is 62.2 Å². The molecule has 4 nitrogen and oxygen atoms in total. The molecule has 0 bridgehead atoms. The van der Waals surface area contributed by atoms with Crippen molar-refractivity contribution in [3.63, 3.8) is 0 Å². The van der Waals surface area contributed by atoms with Crippen molar-refractivity contribution in [2.75, 3.05) is 5.32 Å². The number of pyridine rings is 1. The van der Waals surface area contributed by atoms with E-state index in [-0.39, 0.29) is 11.7 Å². The van der Waals surface area contributed by atoms with Crippen LogP contribution in [0.15, 0.2) is 33.3 Å². The Bertz CT molecular complexity index is 793. The number of anilines is 1. The fraction of sp³-hybridized carbons (Fsp3) is 0.125. The highest BCUT2D eigenvalue weighted by atomic mass is 79.9. The molecule has 0 unspecified atom stereocenters. The van der Waals surface area contributed by atoms with Crippen LogP contribution in [0.1, 0.15) is 23.6 Å². The number of rotatable bonds is 2. The fourth-order valence-corrected chi connectivity index (χ4v) is 3.50. The molecule has 0 radical (unpaired) electrons. The zero-order chi connectivity index (χ0) is 15.9. The largest absolute Gasteiger partial charge is 0.506 e. The minimum atomic E-state index is -0.170. The van der Waals surface area contributed by atoms with Gasteiger partial charge in [-0.05, 0) is 73.7 Å². The maximum absolute atomic E-state index is 12.2. The molecule has 2 N–H and O–H groups in total. The molecule has 2 heterocycles. The Hall–Kier alpha value is -1.66. The van der Waals surface area contributed by atoms with E-state index in [0.29, 0.717) is 20.3 Å². The second-order valence-corrected chi connectivity index (χ2v) is 6.65. The van der Waals surface area contributed by atoms with E-state index in [2.05, 4.69) is 42.2 Å². The average Bonchev–Trinajstić information content (AvgIpc) is 2.80. The van der Waals surface area contributed by atoms with Crippen molar-refractivity contribution in [3.8, 4) is 5.75 Å². The van der Waals surface area contributed by atoms with Crippen LogP contribution in [0.4, 0.5) is 5.82 Å². The molecule has 0 atom stereocenters. The maximum atomic E-state index is 12.2. The number of amides is 1.